The van der Waals surface area contributed by atoms with Crippen LogP contribution in [0.3, 0.4) is 0 Å². The number of rotatable bonds is 11. The van der Waals surface area contributed by atoms with E-state index in [0.717, 1.165) is 61.9 Å². The molecule has 5 heteroatoms. The summed E-state index contributed by atoms with van der Waals surface area (Å²) in [5.74, 6) is -0.586. The van der Waals surface area contributed by atoms with Crippen molar-refractivity contribution in [1.82, 2.24) is 15.3 Å². The number of hydrogen-bond donors (Lipinski definition) is 1. The average molecular weight is 408 g/mol. The molecular weight excluding hydrogens is 380 g/mol. The number of halogens is 2. The average Bonchev–Trinajstić information content (AvgIpc) is 2.76. The van der Waals surface area contributed by atoms with Crippen LogP contribution < -0.4 is 5.32 Å². The molecule has 0 spiro atoms. The molecule has 0 saturated carbocycles. The molecule has 0 aliphatic heterocycles. The zero-order valence-electron chi connectivity index (χ0n) is 17.0. The van der Waals surface area contributed by atoms with E-state index < -0.39 is 0 Å². The molecule has 0 unspecified atom stereocenters. The van der Waals surface area contributed by atoms with Crippen LogP contribution in [0.2, 0.25) is 0 Å². The molecule has 0 aliphatic rings. The van der Waals surface area contributed by atoms with Crippen LogP contribution in [-0.2, 0) is 6.42 Å². The first kappa shape index (κ1) is 21.8. The van der Waals surface area contributed by atoms with Gasteiger partial charge in [0, 0.05) is 12.4 Å². The first-order valence-electron chi connectivity index (χ1n) is 10.4. The number of unbranched alkanes of at least 4 members (excludes halogenated alkanes) is 2. The molecule has 0 saturated heterocycles. The lowest BCUT2D eigenvalue weighted by molar-refractivity contribution is 0.606. The Morgan fingerprint density at radius 1 is 0.833 bits per heavy atom. The number of allylic oxidation sites excluding steroid dienone is 1. The largest absolute Gasteiger partial charge is 0.317 e. The van der Waals surface area contributed by atoms with Gasteiger partial charge >= 0.3 is 0 Å². The van der Waals surface area contributed by atoms with Gasteiger partial charge in [0.25, 0.3) is 0 Å². The number of aromatic nitrogens is 2. The van der Waals surface area contributed by atoms with E-state index in [0.29, 0.717) is 0 Å². The molecule has 0 fully saturated rings. The molecule has 3 rings (SSSR count). The van der Waals surface area contributed by atoms with Gasteiger partial charge in [0.15, 0.2) is 0 Å². The Morgan fingerprint density at radius 2 is 1.47 bits per heavy atom. The van der Waals surface area contributed by atoms with Gasteiger partial charge in [0.05, 0.1) is 0 Å². The second kappa shape index (κ2) is 11.9. The van der Waals surface area contributed by atoms with Crippen molar-refractivity contribution in [2.75, 3.05) is 13.1 Å². The van der Waals surface area contributed by atoms with E-state index in [1.807, 2.05) is 24.5 Å². The van der Waals surface area contributed by atoms with Crippen molar-refractivity contribution in [1.29, 1.82) is 0 Å². The Morgan fingerprint density at radius 3 is 2.10 bits per heavy atom. The molecule has 30 heavy (non-hydrogen) atoms. The van der Waals surface area contributed by atoms with Gasteiger partial charge in [-0.05, 0) is 91.7 Å². The normalized spacial score (nSPS) is 10.7. The Bertz CT molecular complexity index is 894. The Hall–Kier alpha value is -2.92. The van der Waals surface area contributed by atoms with E-state index in [4.69, 9.17) is 0 Å². The third kappa shape index (κ3) is 7.16. The van der Waals surface area contributed by atoms with Crippen molar-refractivity contribution >= 4 is 5.57 Å². The topological polar surface area (TPSA) is 37.8 Å². The monoisotopic (exact) mass is 407 g/mol. The van der Waals surface area contributed by atoms with Gasteiger partial charge in [-0.25, -0.2) is 18.7 Å². The molecule has 0 bridgehead atoms. The van der Waals surface area contributed by atoms with Gasteiger partial charge in [0.1, 0.15) is 18.0 Å². The summed E-state index contributed by atoms with van der Waals surface area (Å²) in [5.41, 5.74) is 3.56. The van der Waals surface area contributed by atoms with Gasteiger partial charge in [-0.1, -0.05) is 30.3 Å². The molecule has 3 nitrogen and oxygen atoms in total. The van der Waals surface area contributed by atoms with Gasteiger partial charge < -0.3 is 5.32 Å². The summed E-state index contributed by atoms with van der Waals surface area (Å²) in [6.45, 7) is 1.88. The summed E-state index contributed by atoms with van der Waals surface area (Å²) in [6, 6.07) is 12.9. The van der Waals surface area contributed by atoms with Crippen LogP contribution in [-0.4, -0.2) is 23.1 Å². The Kier molecular flexibility index (Phi) is 8.66. The third-order valence-corrected chi connectivity index (χ3v) is 4.86. The molecule has 0 aliphatic carbocycles. The van der Waals surface area contributed by atoms with Crippen LogP contribution in [0.15, 0.2) is 73.3 Å². The number of hydrogen-bond acceptors (Lipinski definition) is 3. The fraction of sp³-hybridized carbons (Fsp3) is 0.280. The lowest BCUT2D eigenvalue weighted by atomic mass is 9.96. The highest BCUT2D eigenvalue weighted by Crippen LogP contribution is 2.25. The van der Waals surface area contributed by atoms with Crippen LogP contribution in [0.4, 0.5) is 8.78 Å². The van der Waals surface area contributed by atoms with Crippen molar-refractivity contribution in [2.24, 2.45) is 0 Å². The highest BCUT2D eigenvalue weighted by Gasteiger charge is 2.07. The van der Waals surface area contributed by atoms with E-state index in [1.165, 1.54) is 29.8 Å². The van der Waals surface area contributed by atoms with Crippen molar-refractivity contribution in [3.05, 3.63) is 102 Å². The van der Waals surface area contributed by atoms with E-state index in [2.05, 4.69) is 21.4 Å². The second-order valence-electron chi connectivity index (χ2n) is 7.23. The minimum Gasteiger partial charge on any atom is -0.317 e. The van der Waals surface area contributed by atoms with Crippen molar-refractivity contribution in [3.63, 3.8) is 0 Å². The molecule has 3 aromatic rings. The quantitative estimate of drug-likeness (QED) is 0.422. The molecule has 156 valence electrons. The third-order valence-electron chi connectivity index (χ3n) is 4.86. The Labute approximate surface area is 176 Å². The first-order valence-corrected chi connectivity index (χ1v) is 10.4. The van der Waals surface area contributed by atoms with Gasteiger partial charge in [0.2, 0.25) is 0 Å². The van der Waals surface area contributed by atoms with Crippen LogP contribution in [0, 0.1) is 11.6 Å². The molecule has 1 N–H and O–H groups in total. The number of aryl methyl sites for hydroxylation is 1. The molecular formula is C25H27F2N3. The smallest absolute Gasteiger partial charge is 0.123 e. The summed E-state index contributed by atoms with van der Waals surface area (Å²) < 4.78 is 27.4. The van der Waals surface area contributed by atoms with E-state index in [9.17, 15) is 8.78 Å². The summed E-state index contributed by atoms with van der Waals surface area (Å²) in [5, 5.41) is 3.46. The number of benzene rings is 2. The second-order valence-corrected chi connectivity index (χ2v) is 7.23. The SMILES string of the molecule is Fc1cccc(C(=CCCCNCCCCc2cncnc2)c2cccc(F)c2)c1. The fourth-order valence-electron chi connectivity index (χ4n) is 3.35. The predicted molar refractivity (Wildman–Crippen MR) is 117 cm³/mol. The summed E-state index contributed by atoms with van der Waals surface area (Å²) in [7, 11) is 0. The maximum atomic E-state index is 13.7. The van der Waals surface area contributed by atoms with Gasteiger partial charge in [-0.15, -0.1) is 0 Å². The highest BCUT2D eigenvalue weighted by molar-refractivity contribution is 5.79. The van der Waals surface area contributed by atoms with Crippen molar-refractivity contribution < 1.29 is 8.78 Å². The summed E-state index contributed by atoms with van der Waals surface area (Å²) >= 11 is 0. The summed E-state index contributed by atoms with van der Waals surface area (Å²) in [4.78, 5) is 8.05. The number of nitrogens with one attached hydrogen (secondary N) is 1. The first-order chi connectivity index (χ1) is 14.7. The van der Waals surface area contributed by atoms with Crippen molar-refractivity contribution in [2.45, 2.75) is 32.1 Å². The summed E-state index contributed by atoms with van der Waals surface area (Å²) in [6.07, 6.45) is 12.3. The van der Waals surface area contributed by atoms with Crippen LogP contribution in [0.25, 0.3) is 5.57 Å². The van der Waals surface area contributed by atoms with Crippen molar-refractivity contribution in [3.8, 4) is 0 Å². The molecule has 0 radical (unpaired) electrons. The van der Waals surface area contributed by atoms with Crippen LogP contribution >= 0.6 is 0 Å². The van der Waals surface area contributed by atoms with Crippen LogP contribution in [0.1, 0.15) is 42.4 Å². The van der Waals surface area contributed by atoms with E-state index in [1.54, 1.807) is 18.5 Å². The lowest BCUT2D eigenvalue weighted by Gasteiger charge is -2.10. The lowest BCUT2D eigenvalue weighted by Crippen LogP contribution is -2.16. The molecule has 0 amide bonds. The Balaban J connectivity index is 1.45. The van der Waals surface area contributed by atoms with Crippen LogP contribution in [0.5, 0.6) is 0 Å². The minimum absolute atomic E-state index is 0.293. The van der Waals surface area contributed by atoms with Gasteiger partial charge in [-0.2, -0.15) is 0 Å². The molecule has 0 atom stereocenters. The molecule has 2 aromatic carbocycles. The standard InChI is InChI=1S/C25H27F2N3/c26-23-10-5-8-21(15-23)25(22-9-6-11-24(27)16-22)12-2-4-14-28-13-3-1-7-20-17-29-19-30-18-20/h5-6,8-12,15-19,28H,1-4,7,13-14H2. The highest BCUT2D eigenvalue weighted by atomic mass is 19.1. The predicted octanol–water partition coefficient (Wildman–Crippen LogP) is 5.58. The zero-order valence-corrected chi connectivity index (χ0v) is 17.0. The fourth-order valence-corrected chi connectivity index (χ4v) is 3.35. The maximum absolute atomic E-state index is 13.7. The van der Waals surface area contributed by atoms with E-state index in [-0.39, 0.29) is 11.6 Å². The maximum Gasteiger partial charge on any atom is 0.123 e. The minimum atomic E-state index is -0.293. The van der Waals surface area contributed by atoms with E-state index >= 15 is 0 Å². The molecule has 1 aromatic heterocycles. The molecule has 1 heterocycles. The zero-order chi connectivity index (χ0) is 21.0. The van der Waals surface area contributed by atoms with Gasteiger partial charge in [-0.3, -0.25) is 0 Å². The number of nitrogens with zero attached hydrogens (tertiary/aromatic N) is 2.